The normalized spacial score (nSPS) is 11.1. The Hall–Kier alpha value is -2.48. The highest BCUT2D eigenvalue weighted by Gasteiger charge is 2.15. The Morgan fingerprint density at radius 2 is 2.19 bits per heavy atom. The van der Waals surface area contributed by atoms with Crippen molar-refractivity contribution in [3.05, 3.63) is 50.9 Å². The predicted molar refractivity (Wildman–Crippen MR) is 115 cm³/mol. The van der Waals surface area contributed by atoms with Gasteiger partial charge in [-0.2, -0.15) is 0 Å². The molecule has 0 bridgehead atoms. The quantitative estimate of drug-likeness (QED) is 0.405. The SMILES string of the molecule is C=NC=Nc1ccc2nc(C(=N)OC)sc2c1CNc1ccc(Cl)cc1Cl. The lowest BCUT2D eigenvalue weighted by atomic mass is 10.1. The zero-order chi connectivity index (χ0) is 19.4. The van der Waals surface area contributed by atoms with E-state index in [0.717, 1.165) is 27.2 Å². The first kappa shape index (κ1) is 19.3. The second-order valence-corrected chi connectivity index (χ2v) is 7.21. The van der Waals surface area contributed by atoms with Crippen molar-refractivity contribution in [1.82, 2.24) is 4.98 Å². The van der Waals surface area contributed by atoms with Gasteiger partial charge in [-0.15, -0.1) is 11.3 Å². The zero-order valence-corrected chi connectivity index (χ0v) is 16.6. The fourth-order valence-corrected chi connectivity index (χ4v) is 3.94. The molecule has 1 aromatic heterocycles. The third-order valence-corrected chi connectivity index (χ3v) is 5.38. The third-order valence-electron chi connectivity index (χ3n) is 3.70. The molecule has 0 aliphatic carbocycles. The Kier molecular flexibility index (Phi) is 6.05. The summed E-state index contributed by atoms with van der Waals surface area (Å²) in [4.78, 5) is 12.5. The molecule has 1 heterocycles. The van der Waals surface area contributed by atoms with E-state index in [2.05, 4.69) is 27.0 Å². The van der Waals surface area contributed by atoms with Crippen LogP contribution in [0.3, 0.4) is 0 Å². The second-order valence-electron chi connectivity index (χ2n) is 5.37. The first-order valence-corrected chi connectivity index (χ1v) is 9.33. The van der Waals surface area contributed by atoms with Crippen LogP contribution in [0.2, 0.25) is 10.0 Å². The van der Waals surface area contributed by atoms with Crippen LogP contribution in [-0.2, 0) is 11.3 Å². The van der Waals surface area contributed by atoms with E-state index in [1.807, 2.05) is 18.2 Å². The van der Waals surface area contributed by atoms with Crippen LogP contribution < -0.4 is 5.32 Å². The highest BCUT2D eigenvalue weighted by molar-refractivity contribution is 7.20. The highest BCUT2D eigenvalue weighted by Crippen LogP contribution is 2.34. The molecule has 0 spiro atoms. The van der Waals surface area contributed by atoms with Gasteiger partial charge in [-0.25, -0.2) is 9.98 Å². The van der Waals surface area contributed by atoms with E-state index in [1.165, 1.54) is 24.8 Å². The lowest BCUT2D eigenvalue weighted by Crippen LogP contribution is -2.00. The molecule has 0 radical (unpaired) electrons. The van der Waals surface area contributed by atoms with Gasteiger partial charge < -0.3 is 10.1 Å². The van der Waals surface area contributed by atoms with Crippen LogP contribution in [0.5, 0.6) is 0 Å². The van der Waals surface area contributed by atoms with Crippen LogP contribution in [0.1, 0.15) is 10.6 Å². The summed E-state index contributed by atoms with van der Waals surface area (Å²) in [5.74, 6) is 0.0219. The van der Waals surface area contributed by atoms with Crippen LogP contribution in [-0.4, -0.2) is 31.0 Å². The Morgan fingerprint density at radius 3 is 2.89 bits per heavy atom. The molecular weight excluding hydrogens is 405 g/mol. The van der Waals surface area contributed by atoms with Crippen molar-refractivity contribution in [3.8, 4) is 0 Å². The summed E-state index contributed by atoms with van der Waals surface area (Å²) >= 11 is 13.6. The van der Waals surface area contributed by atoms with Gasteiger partial charge in [0.1, 0.15) is 6.34 Å². The van der Waals surface area contributed by atoms with Gasteiger partial charge in [-0.1, -0.05) is 23.2 Å². The minimum atomic E-state index is 0.0219. The van der Waals surface area contributed by atoms with Crippen LogP contribution in [0, 0.1) is 5.41 Å². The summed E-state index contributed by atoms with van der Waals surface area (Å²) in [5, 5.41) is 12.8. The van der Waals surface area contributed by atoms with Gasteiger partial charge in [-0.05, 0) is 37.0 Å². The van der Waals surface area contributed by atoms with Crippen LogP contribution in [0.15, 0.2) is 40.3 Å². The number of benzene rings is 2. The van der Waals surface area contributed by atoms with E-state index in [9.17, 15) is 0 Å². The van der Waals surface area contributed by atoms with E-state index in [4.69, 9.17) is 33.3 Å². The van der Waals surface area contributed by atoms with Gasteiger partial charge in [0.2, 0.25) is 5.90 Å². The maximum Gasteiger partial charge on any atom is 0.242 e. The molecular formula is C18H15Cl2N5OS. The first-order chi connectivity index (χ1) is 13.0. The van der Waals surface area contributed by atoms with Crippen molar-refractivity contribution in [1.29, 1.82) is 5.41 Å². The number of thiazole rings is 1. The number of anilines is 1. The lowest BCUT2D eigenvalue weighted by molar-refractivity contribution is 0.401. The smallest absolute Gasteiger partial charge is 0.242 e. The standard InChI is InChI=1S/C18H15Cl2N5OS/c1-22-9-24-13-5-6-15-16(27-18(25-15)17(21)26-2)11(13)8-23-14-4-3-10(19)7-12(14)20/h3-7,9,21,23H,1,8H2,2H3. The van der Waals surface area contributed by atoms with E-state index in [0.29, 0.717) is 21.6 Å². The number of nitrogens with one attached hydrogen (secondary N) is 2. The Bertz CT molecular complexity index is 1050. The molecule has 0 amide bonds. The molecule has 0 aliphatic heterocycles. The van der Waals surface area contributed by atoms with Crippen LogP contribution in [0.25, 0.3) is 10.2 Å². The van der Waals surface area contributed by atoms with E-state index < -0.39 is 0 Å². The maximum atomic E-state index is 7.86. The van der Waals surface area contributed by atoms with Gasteiger partial charge in [0.05, 0.1) is 33.7 Å². The zero-order valence-electron chi connectivity index (χ0n) is 14.3. The second kappa shape index (κ2) is 8.47. The summed E-state index contributed by atoms with van der Waals surface area (Å²) in [6, 6.07) is 8.97. The number of rotatable bonds is 6. The minimum Gasteiger partial charge on any atom is -0.479 e. The Balaban J connectivity index is 2.03. The van der Waals surface area contributed by atoms with Crippen LogP contribution >= 0.6 is 34.5 Å². The number of halogens is 2. The van der Waals surface area contributed by atoms with Gasteiger partial charge in [0, 0.05) is 17.1 Å². The summed E-state index contributed by atoms with van der Waals surface area (Å²) in [6.07, 6.45) is 1.39. The number of aliphatic imine (C=N–C) groups is 2. The highest BCUT2D eigenvalue weighted by atomic mass is 35.5. The molecule has 2 N–H and O–H groups in total. The van der Waals surface area contributed by atoms with Gasteiger partial charge in [-0.3, -0.25) is 10.4 Å². The van der Waals surface area contributed by atoms with Crippen molar-refractivity contribution in [2.24, 2.45) is 9.98 Å². The fourth-order valence-electron chi connectivity index (χ4n) is 2.43. The fraction of sp³-hybridized carbons (Fsp3) is 0.111. The summed E-state index contributed by atoms with van der Waals surface area (Å²) in [7, 11) is 1.45. The van der Waals surface area contributed by atoms with E-state index in [1.54, 1.807) is 12.1 Å². The minimum absolute atomic E-state index is 0.0219. The van der Waals surface area contributed by atoms with Crippen molar-refractivity contribution >= 4 is 75.1 Å². The number of hydrogen-bond donors (Lipinski definition) is 2. The molecule has 2 aromatic carbocycles. The molecule has 0 fully saturated rings. The molecule has 3 aromatic rings. The number of nitrogens with zero attached hydrogens (tertiary/aromatic N) is 3. The largest absolute Gasteiger partial charge is 0.479 e. The summed E-state index contributed by atoms with van der Waals surface area (Å²) < 4.78 is 5.90. The summed E-state index contributed by atoms with van der Waals surface area (Å²) in [5.41, 5.74) is 3.16. The number of hydrogen-bond acceptors (Lipinski definition) is 6. The molecule has 27 heavy (non-hydrogen) atoms. The number of ether oxygens (including phenoxy) is 1. The molecule has 3 rings (SSSR count). The molecule has 0 unspecified atom stereocenters. The molecule has 9 heteroatoms. The first-order valence-electron chi connectivity index (χ1n) is 7.76. The van der Waals surface area contributed by atoms with Gasteiger partial charge >= 0.3 is 0 Å². The van der Waals surface area contributed by atoms with Crippen molar-refractivity contribution < 1.29 is 4.74 Å². The van der Waals surface area contributed by atoms with E-state index in [-0.39, 0.29) is 5.90 Å². The molecule has 0 saturated heterocycles. The average Bonchev–Trinajstić information content (AvgIpc) is 3.10. The number of methoxy groups -OCH3 is 1. The maximum absolute atomic E-state index is 7.86. The molecule has 0 saturated carbocycles. The van der Waals surface area contributed by atoms with Gasteiger partial charge in [0.25, 0.3) is 0 Å². The van der Waals surface area contributed by atoms with Crippen molar-refractivity contribution in [2.75, 3.05) is 12.4 Å². The molecule has 6 nitrogen and oxygen atoms in total. The molecule has 138 valence electrons. The van der Waals surface area contributed by atoms with Gasteiger partial charge in [0.15, 0.2) is 5.01 Å². The summed E-state index contributed by atoms with van der Waals surface area (Å²) in [6.45, 7) is 3.87. The Morgan fingerprint density at radius 1 is 1.37 bits per heavy atom. The molecule has 0 atom stereocenters. The Labute approximate surface area is 170 Å². The predicted octanol–water partition coefficient (Wildman–Crippen LogP) is 5.55. The molecule has 0 aliphatic rings. The topological polar surface area (TPSA) is 82.7 Å². The third kappa shape index (κ3) is 4.27. The van der Waals surface area contributed by atoms with E-state index >= 15 is 0 Å². The van der Waals surface area contributed by atoms with Crippen molar-refractivity contribution in [3.63, 3.8) is 0 Å². The lowest BCUT2D eigenvalue weighted by Gasteiger charge is -2.11. The number of aromatic nitrogens is 1. The number of fused-ring (bicyclic) bond motifs is 1. The van der Waals surface area contributed by atoms with Crippen LogP contribution in [0.4, 0.5) is 11.4 Å². The van der Waals surface area contributed by atoms with Crippen molar-refractivity contribution in [2.45, 2.75) is 6.54 Å². The monoisotopic (exact) mass is 419 g/mol. The average molecular weight is 420 g/mol.